The van der Waals surface area contributed by atoms with Crippen LogP contribution in [0.1, 0.15) is 25.7 Å². The van der Waals surface area contributed by atoms with E-state index in [2.05, 4.69) is 6.07 Å². The van der Waals surface area contributed by atoms with Crippen molar-refractivity contribution in [3.05, 3.63) is 35.6 Å². The van der Waals surface area contributed by atoms with Crippen LogP contribution in [-0.2, 0) is 0 Å². The molecule has 1 aliphatic rings. The molecule has 13 heavy (non-hydrogen) atoms. The molecular weight excluding hydrogens is 162 g/mol. The van der Waals surface area contributed by atoms with E-state index in [4.69, 9.17) is 5.26 Å². The van der Waals surface area contributed by atoms with Gasteiger partial charge in [-0.25, -0.2) is 0 Å². The Morgan fingerprint density at radius 2 is 2.08 bits per heavy atom. The summed E-state index contributed by atoms with van der Waals surface area (Å²) in [5.41, 5.74) is 0.690. The first-order chi connectivity index (χ1) is 6.33. The molecule has 0 aliphatic heterocycles. The zero-order chi connectivity index (χ0) is 9.52. The van der Waals surface area contributed by atoms with Gasteiger partial charge in [0.15, 0.2) is 0 Å². The Labute approximate surface area is 78.5 Å². The number of allylic oxidation sites excluding steroid dienone is 5. The molecule has 2 heteroatoms. The van der Waals surface area contributed by atoms with Gasteiger partial charge in [0, 0.05) is 12.0 Å². The Morgan fingerprint density at radius 3 is 2.85 bits per heavy atom. The van der Waals surface area contributed by atoms with Crippen molar-refractivity contribution in [3.63, 3.8) is 0 Å². The molecule has 0 radical (unpaired) electrons. The van der Waals surface area contributed by atoms with E-state index in [1.54, 1.807) is 6.08 Å². The second kappa shape index (κ2) is 5.21. The highest BCUT2D eigenvalue weighted by Crippen LogP contribution is 2.09. The minimum Gasteiger partial charge on any atom is -0.512 e. The molecule has 1 N–H and O–H groups in total. The lowest BCUT2D eigenvalue weighted by molar-refractivity contribution is 0.397. The summed E-state index contributed by atoms with van der Waals surface area (Å²) in [7, 11) is 0. The first-order valence-electron chi connectivity index (χ1n) is 4.47. The van der Waals surface area contributed by atoms with Gasteiger partial charge in [0.05, 0.1) is 11.8 Å². The molecular formula is C11H13NO. The molecule has 0 heterocycles. The number of nitriles is 1. The van der Waals surface area contributed by atoms with Crippen LogP contribution in [-0.4, -0.2) is 5.11 Å². The van der Waals surface area contributed by atoms with Gasteiger partial charge >= 0.3 is 0 Å². The highest BCUT2D eigenvalue weighted by Gasteiger charge is 1.94. The van der Waals surface area contributed by atoms with Crippen molar-refractivity contribution in [2.75, 3.05) is 0 Å². The van der Waals surface area contributed by atoms with Crippen LogP contribution in [0.5, 0.6) is 0 Å². The van der Waals surface area contributed by atoms with Gasteiger partial charge in [-0.3, -0.25) is 0 Å². The van der Waals surface area contributed by atoms with E-state index in [1.807, 2.05) is 18.2 Å². The third-order valence-corrected chi connectivity index (χ3v) is 1.91. The Balaban J connectivity index is 2.69. The Morgan fingerprint density at radius 1 is 1.31 bits per heavy atom. The smallest absolute Gasteiger partial charge is 0.0988 e. The van der Waals surface area contributed by atoms with Crippen LogP contribution in [0.3, 0.4) is 0 Å². The minimum atomic E-state index is 0.399. The van der Waals surface area contributed by atoms with E-state index in [-0.39, 0.29) is 0 Å². The van der Waals surface area contributed by atoms with Crippen molar-refractivity contribution in [2.24, 2.45) is 0 Å². The van der Waals surface area contributed by atoms with E-state index < -0.39 is 0 Å². The fraction of sp³-hybridized carbons (Fsp3) is 0.364. The van der Waals surface area contributed by atoms with Crippen molar-refractivity contribution in [1.82, 2.24) is 0 Å². The van der Waals surface area contributed by atoms with E-state index in [0.717, 1.165) is 19.3 Å². The van der Waals surface area contributed by atoms with Gasteiger partial charge in [0.2, 0.25) is 0 Å². The molecule has 0 bridgehead atoms. The first kappa shape index (κ1) is 9.60. The molecule has 0 amide bonds. The van der Waals surface area contributed by atoms with Crippen molar-refractivity contribution in [2.45, 2.75) is 25.7 Å². The molecule has 0 unspecified atom stereocenters. The highest BCUT2D eigenvalue weighted by molar-refractivity contribution is 5.33. The third-order valence-electron chi connectivity index (χ3n) is 1.91. The SMILES string of the molecule is N#CC1=CCCC/C=C(/O)CC=C1. The largest absolute Gasteiger partial charge is 0.512 e. The lowest BCUT2D eigenvalue weighted by Crippen LogP contribution is -1.83. The standard InChI is InChI=1S/C11H13NO/c12-9-10-5-2-1-3-7-11(13)8-4-6-10/h4-7,13H,1-3,8H2/b6-4?,10-5?,11-7+. The highest BCUT2D eigenvalue weighted by atomic mass is 16.3. The fourth-order valence-corrected chi connectivity index (χ4v) is 1.19. The van der Waals surface area contributed by atoms with E-state index in [0.29, 0.717) is 17.8 Å². The average Bonchev–Trinajstić information content (AvgIpc) is 2.15. The van der Waals surface area contributed by atoms with E-state index in [9.17, 15) is 5.11 Å². The monoisotopic (exact) mass is 175 g/mol. The topological polar surface area (TPSA) is 44.0 Å². The van der Waals surface area contributed by atoms with Crippen molar-refractivity contribution in [1.29, 1.82) is 5.26 Å². The molecule has 0 saturated heterocycles. The first-order valence-corrected chi connectivity index (χ1v) is 4.47. The van der Waals surface area contributed by atoms with Crippen LogP contribution < -0.4 is 0 Å². The molecule has 0 atom stereocenters. The summed E-state index contributed by atoms with van der Waals surface area (Å²) < 4.78 is 0. The summed E-state index contributed by atoms with van der Waals surface area (Å²) in [4.78, 5) is 0. The molecule has 2 nitrogen and oxygen atoms in total. The van der Waals surface area contributed by atoms with E-state index in [1.165, 1.54) is 0 Å². The number of hydrogen-bond acceptors (Lipinski definition) is 2. The van der Waals surface area contributed by atoms with Crippen LogP contribution in [0.2, 0.25) is 0 Å². The predicted octanol–water partition coefficient (Wildman–Crippen LogP) is 3.01. The van der Waals surface area contributed by atoms with Crippen LogP contribution in [0, 0.1) is 11.3 Å². The van der Waals surface area contributed by atoms with Gasteiger partial charge in [0.25, 0.3) is 0 Å². The fourth-order valence-electron chi connectivity index (χ4n) is 1.19. The number of aliphatic hydroxyl groups is 1. The van der Waals surface area contributed by atoms with E-state index >= 15 is 0 Å². The minimum absolute atomic E-state index is 0.399. The number of rotatable bonds is 0. The molecule has 0 aromatic rings. The normalized spacial score (nSPS) is 22.4. The predicted molar refractivity (Wildman–Crippen MR) is 52.0 cm³/mol. The number of aliphatic hydroxyl groups excluding tert-OH is 1. The summed E-state index contributed by atoms with van der Waals surface area (Å²) in [5, 5.41) is 18.0. The number of nitrogens with zero attached hydrogens (tertiary/aromatic N) is 1. The average molecular weight is 175 g/mol. The van der Waals surface area contributed by atoms with Crippen LogP contribution in [0.4, 0.5) is 0 Å². The Kier molecular flexibility index (Phi) is 3.84. The quantitative estimate of drug-likeness (QED) is 0.615. The van der Waals surface area contributed by atoms with Crippen molar-refractivity contribution in [3.8, 4) is 6.07 Å². The summed E-state index contributed by atoms with van der Waals surface area (Å²) in [5.74, 6) is 0.399. The molecule has 1 aliphatic carbocycles. The second-order valence-corrected chi connectivity index (χ2v) is 3.00. The molecule has 0 fully saturated rings. The summed E-state index contributed by atoms with van der Waals surface area (Å²) in [6.07, 6.45) is 10.7. The summed E-state index contributed by atoms with van der Waals surface area (Å²) in [6, 6.07) is 2.11. The number of hydrogen-bond donors (Lipinski definition) is 1. The van der Waals surface area contributed by atoms with Crippen LogP contribution in [0.15, 0.2) is 35.6 Å². The van der Waals surface area contributed by atoms with Crippen LogP contribution in [0.25, 0.3) is 0 Å². The molecule has 0 saturated carbocycles. The van der Waals surface area contributed by atoms with Gasteiger partial charge in [-0.2, -0.15) is 5.26 Å². The molecule has 68 valence electrons. The zero-order valence-corrected chi connectivity index (χ0v) is 7.53. The van der Waals surface area contributed by atoms with Gasteiger partial charge in [-0.15, -0.1) is 0 Å². The molecule has 0 spiro atoms. The second-order valence-electron chi connectivity index (χ2n) is 3.00. The van der Waals surface area contributed by atoms with Gasteiger partial charge in [-0.05, 0) is 31.4 Å². The van der Waals surface area contributed by atoms with Gasteiger partial charge in [0.1, 0.15) is 0 Å². The lowest BCUT2D eigenvalue weighted by atomic mass is 10.1. The summed E-state index contributed by atoms with van der Waals surface area (Å²) in [6.45, 7) is 0. The molecule has 1 rings (SSSR count). The lowest BCUT2D eigenvalue weighted by Gasteiger charge is -1.98. The molecule has 0 aromatic heterocycles. The third kappa shape index (κ3) is 3.62. The van der Waals surface area contributed by atoms with Crippen molar-refractivity contribution >= 4 is 0 Å². The Bertz CT molecular complexity index is 292. The van der Waals surface area contributed by atoms with Crippen LogP contribution >= 0.6 is 0 Å². The molecule has 0 aromatic carbocycles. The maximum absolute atomic E-state index is 9.30. The van der Waals surface area contributed by atoms with Gasteiger partial charge < -0.3 is 5.11 Å². The van der Waals surface area contributed by atoms with Gasteiger partial charge in [-0.1, -0.05) is 12.2 Å². The summed E-state index contributed by atoms with van der Waals surface area (Å²) >= 11 is 0. The van der Waals surface area contributed by atoms with Crippen molar-refractivity contribution < 1.29 is 5.11 Å². The maximum atomic E-state index is 9.30. The maximum Gasteiger partial charge on any atom is 0.0988 e. The zero-order valence-electron chi connectivity index (χ0n) is 7.53. The Hall–Kier alpha value is -1.49.